The van der Waals surface area contributed by atoms with Crippen LogP contribution in [0.1, 0.15) is 48.6 Å². The Morgan fingerprint density at radius 3 is 2.62 bits per heavy atom. The van der Waals surface area contributed by atoms with E-state index < -0.39 is 5.92 Å². The van der Waals surface area contributed by atoms with Crippen LogP contribution < -0.4 is 0 Å². The third-order valence-electron chi connectivity index (χ3n) is 3.90. The SMILES string of the molecule is O=C(OC1CCCCC1)C(c1ccccc1)c1nccs1. The average Bonchev–Trinajstić information content (AvgIpc) is 3.03. The van der Waals surface area contributed by atoms with Gasteiger partial charge in [-0.2, -0.15) is 0 Å². The zero-order valence-electron chi connectivity index (χ0n) is 11.9. The molecule has 3 rings (SSSR count). The standard InChI is InChI=1S/C17H19NO2S/c19-17(20-14-9-5-2-6-10-14)15(16-18-11-12-21-16)13-7-3-1-4-8-13/h1,3-4,7-8,11-12,14-15H,2,5-6,9-10H2. The Kier molecular flexibility index (Phi) is 4.65. The van der Waals surface area contributed by atoms with E-state index in [9.17, 15) is 4.79 Å². The minimum atomic E-state index is -0.395. The Bertz CT molecular complexity index is 562. The van der Waals surface area contributed by atoms with Gasteiger partial charge in [0, 0.05) is 11.6 Å². The summed E-state index contributed by atoms with van der Waals surface area (Å²) in [6.45, 7) is 0. The lowest BCUT2D eigenvalue weighted by atomic mass is 9.96. The molecule has 1 aromatic carbocycles. The fourth-order valence-corrected chi connectivity index (χ4v) is 3.57. The number of thiazole rings is 1. The van der Waals surface area contributed by atoms with E-state index >= 15 is 0 Å². The van der Waals surface area contributed by atoms with E-state index in [4.69, 9.17) is 4.74 Å². The number of carbonyl (C=O) groups excluding carboxylic acids is 1. The summed E-state index contributed by atoms with van der Waals surface area (Å²) in [5.41, 5.74) is 0.952. The maximum atomic E-state index is 12.7. The molecule has 0 aliphatic heterocycles. The predicted molar refractivity (Wildman–Crippen MR) is 83.4 cm³/mol. The fraction of sp³-hybridized carbons (Fsp3) is 0.412. The van der Waals surface area contributed by atoms with Crippen LogP contribution in [0.5, 0.6) is 0 Å². The van der Waals surface area contributed by atoms with Crippen LogP contribution in [0.3, 0.4) is 0 Å². The number of ether oxygens (including phenoxy) is 1. The molecule has 3 nitrogen and oxygen atoms in total. The van der Waals surface area contributed by atoms with E-state index in [0.29, 0.717) is 0 Å². The Labute approximate surface area is 129 Å². The van der Waals surface area contributed by atoms with Crippen LogP contribution in [-0.2, 0) is 9.53 Å². The highest BCUT2D eigenvalue weighted by Crippen LogP contribution is 2.30. The largest absolute Gasteiger partial charge is 0.462 e. The van der Waals surface area contributed by atoms with E-state index in [1.807, 2.05) is 35.7 Å². The van der Waals surface area contributed by atoms with Gasteiger partial charge < -0.3 is 4.74 Å². The molecule has 1 aliphatic carbocycles. The molecular weight excluding hydrogens is 282 g/mol. The van der Waals surface area contributed by atoms with Crippen molar-refractivity contribution in [3.8, 4) is 0 Å². The second-order valence-corrected chi connectivity index (χ2v) is 6.34. The number of esters is 1. The highest BCUT2D eigenvalue weighted by molar-refractivity contribution is 7.09. The molecule has 1 aliphatic rings. The minimum Gasteiger partial charge on any atom is -0.462 e. The molecule has 1 aromatic heterocycles. The van der Waals surface area contributed by atoms with Gasteiger partial charge in [0.2, 0.25) is 0 Å². The van der Waals surface area contributed by atoms with Crippen molar-refractivity contribution in [1.29, 1.82) is 0 Å². The van der Waals surface area contributed by atoms with Crippen LogP contribution >= 0.6 is 11.3 Å². The van der Waals surface area contributed by atoms with Crippen LogP contribution in [0.4, 0.5) is 0 Å². The molecule has 0 bridgehead atoms. The minimum absolute atomic E-state index is 0.0809. The van der Waals surface area contributed by atoms with Gasteiger partial charge in [-0.15, -0.1) is 11.3 Å². The first-order valence-electron chi connectivity index (χ1n) is 7.49. The summed E-state index contributed by atoms with van der Waals surface area (Å²) in [5, 5.41) is 2.71. The maximum Gasteiger partial charge on any atom is 0.320 e. The van der Waals surface area contributed by atoms with Gasteiger partial charge in [0.05, 0.1) is 0 Å². The van der Waals surface area contributed by atoms with E-state index in [-0.39, 0.29) is 12.1 Å². The lowest BCUT2D eigenvalue weighted by Gasteiger charge is -2.24. The molecule has 0 saturated heterocycles. The summed E-state index contributed by atoms with van der Waals surface area (Å²) < 4.78 is 5.76. The summed E-state index contributed by atoms with van der Waals surface area (Å²) in [7, 11) is 0. The lowest BCUT2D eigenvalue weighted by Crippen LogP contribution is -2.25. The highest BCUT2D eigenvalue weighted by Gasteiger charge is 2.29. The Hall–Kier alpha value is -1.68. The molecule has 0 spiro atoms. The van der Waals surface area contributed by atoms with Crippen LogP contribution in [0, 0.1) is 0 Å². The number of nitrogens with zero attached hydrogens (tertiary/aromatic N) is 1. The zero-order chi connectivity index (χ0) is 14.5. The second kappa shape index (κ2) is 6.85. The van der Waals surface area contributed by atoms with Crippen molar-refractivity contribution in [3.05, 3.63) is 52.5 Å². The van der Waals surface area contributed by atoms with Crippen molar-refractivity contribution in [2.45, 2.75) is 44.1 Å². The van der Waals surface area contributed by atoms with Crippen LogP contribution in [0.25, 0.3) is 0 Å². The fourth-order valence-electron chi connectivity index (χ4n) is 2.82. The van der Waals surface area contributed by atoms with Crippen molar-refractivity contribution in [2.24, 2.45) is 0 Å². The molecule has 1 heterocycles. The van der Waals surface area contributed by atoms with Crippen molar-refractivity contribution >= 4 is 17.3 Å². The summed E-state index contributed by atoms with van der Waals surface area (Å²) in [4.78, 5) is 17.0. The first-order chi connectivity index (χ1) is 10.3. The van der Waals surface area contributed by atoms with E-state index in [2.05, 4.69) is 4.98 Å². The van der Waals surface area contributed by atoms with Crippen molar-refractivity contribution in [1.82, 2.24) is 4.98 Å². The van der Waals surface area contributed by atoms with Gasteiger partial charge in [-0.25, -0.2) is 4.98 Å². The maximum absolute atomic E-state index is 12.7. The third kappa shape index (κ3) is 3.50. The molecule has 1 atom stereocenters. The normalized spacial score (nSPS) is 17.3. The highest BCUT2D eigenvalue weighted by atomic mass is 32.1. The number of hydrogen-bond acceptors (Lipinski definition) is 4. The first kappa shape index (κ1) is 14.3. The smallest absolute Gasteiger partial charge is 0.320 e. The van der Waals surface area contributed by atoms with Gasteiger partial charge in [0.25, 0.3) is 0 Å². The molecule has 0 amide bonds. The monoisotopic (exact) mass is 301 g/mol. The number of benzene rings is 1. The molecule has 21 heavy (non-hydrogen) atoms. The van der Waals surface area contributed by atoms with Crippen molar-refractivity contribution in [3.63, 3.8) is 0 Å². The molecular formula is C17H19NO2S. The average molecular weight is 301 g/mol. The Morgan fingerprint density at radius 1 is 1.19 bits per heavy atom. The first-order valence-corrected chi connectivity index (χ1v) is 8.37. The van der Waals surface area contributed by atoms with Crippen molar-refractivity contribution < 1.29 is 9.53 Å². The van der Waals surface area contributed by atoms with Crippen molar-refractivity contribution in [2.75, 3.05) is 0 Å². The summed E-state index contributed by atoms with van der Waals surface area (Å²) in [6, 6.07) is 9.78. The quantitative estimate of drug-likeness (QED) is 0.796. The van der Waals surface area contributed by atoms with Gasteiger partial charge in [-0.3, -0.25) is 4.79 Å². The number of rotatable bonds is 4. The molecule has 1 saturated carbocycles. The van der Waals surface area contributed by atoms with E-state index in [1.165, 1.54) is 17.8 Å². The Morgan fingerprint density at radius 2 is 1.95 bits per heavy atom. The molecule has 4 heteroatoms. The van der Waals surface area contributed by atoms with E-state index in [0.717, 1.165) is 36.3 Å². The van der Waals surface area contributed by atoms with Crippen LogP contribution in [0.15, 0.2) is 41.9 Å². The number of carbonyl (C=O) groups is 1. The van der Waals surface area contributed by atoms with Gasteiger partial charge in [-0.05, 0) is 31.2 Å². The molecule has 110 valence electrons. The number of aromatic nitrogens is 1. The summed E-state index contributed by atoms with van der Waals surface area (Å²) in [5.74, 6) is -0.559. The van der Waals surface area contributed by atoms with E-state index in [1.54, 1.807) is 6.20 Å². The molecule has 0 radical (unpaired) electrons. The molecule has 1 fully saturated rings. The zero-order valence-corrected chi connectivity index (χ0v) is 12.7. The second-order valence-electron chi connectivity index (χ2n) is 5.41. The molecule has 1 unspecified atom stereocenters. The third-order valence-corrected chi connectivity index (χ3v) is 4.74. The van der Waals surface area contributed by atoms with Gasteiger partial charge >= 0.3 is 5.97 Å². The van der Waals surface area contributed by atoms with Gasteiger partial charge in [0.15, 0.2) is 0 Å². The summed E-state index contributed by atoms with van der Waals surface area (Å²) in [6.07, 6.45) is 7.37. The topological polar surface area (TPSA) is 39.2 Å². The van der Waals surface area contributed by atoms with Gasteiger partial charge in [-0.1, -0.05) is 36.8 Å². The Balaban J connectivity index is 1.80. The van der Waals surface area contributed by atoms with Crippen LogP contribution in [-0.4, -0.2) is 17.1 Å². The lowest BCUT2D eigenvalue weighted by molar-refractivity contribution is -0.151. The van der Waals surface area contributed by atoms with Crippen LogP contribution in [0.2, 0.25) is 0 Å². The molecule has 0 N–H and O–H groups in total. The predicted octanol–water partition coefficient (Wildman–Crippen LogP) is 4.15. The number of hydrogen-bond donors (Lipinski definition) is 0. The van der Waals surface area contributed by atoms with Gasteiger partial charge in [0.1, 0.15) is 17.0 Å². The summed E-state index contributed by atoms with van der Waals surface area (Å²) >= 11 is 1.50. The molecule has 2 aromatic rings.